The maximum Gasteiger partial charge on any atom is 0.373 e. The van der Waals surface area contributed by atoms with Gasteiger partial charge in [0.05, 0.1) is 16.9 Å². The number of hydrogen-bond acceptors (Lipinski definition) is 5. The van der Waals surface area contributed by atoms with Crippen molar-refractivity contribution in [2.75, 3.05) is 0 Å². The lowest BCUT2D eigenvalue weighted by Crippen LogP contribution is -2.44. The van der Waals surface area contributed by atoms with Gasteiger partial charge in [-0.3, -0.25) is 4.79 Å². The van der Waals surface area contributed by atoms with Crippen LogP contribution in [0.4, 0.5) is 4.39 Å². The Balaban J connectivity index is 0.00000103. The molecule has 0 saturated heterocycles. The predicted molar refractivity (Wildman–Crippen MR) is 123 cm³/mol. The van der Waals surface area contributed by atoms with Gasteiger partial charge in [-0.05, 0) is 48.7 Å². The Labute approximate surface area is 196 Å². The van der Waals surface area contributed by atoms with E-state index >= 15 is 0 Å². The second-order valence-corrected chi connectivity index (χ2v) is 7.79. The highest BCUT2D eigenvalue weighted by Gasteiger charge is 2.37. The summed E-state index contributed by atoms with van der Waals surface area (Å²) in [4.78, 5) is 33.7. The minimum Gasteiger partial charge on any atom is -0.342 e. The average Bonchev–Trinajstić information content (AvgIpc) is 3.33. The summed E-state index contributed by atoms with van der Waals surface area (Å²) >= 11 is 0. The number of amides is 1. The lowest BCUT2D eigenvalue weighted by atomic mass is 9.88. The number of pyridine rings is 1. The van der Waals surface area contributed by atoms with Crippen LogP contribution in [-0.4, -0.2) is 17.0 Å². The highest BCUT2D eigenvalue weighted by Crippen LogP contribution is 2.38. The Kier molecular flexibility index (Phi) is 8.17. The SMILES string of the molecule is N#C/C(=C\c1cccc(-c2ccccc2F)n1)C(=O)NC1(c2ccccc2)CCCC1.O=C=O. The first kappa shape index (κ1) is 24.2. The first-order chi connectivity index (χ1) is 16.5. The molecule has 1 amide bonds. The van der Waals surface area contributed by atoms with Crippen molar-refractivity contribution in [2.24, 2.45) is 0 Å². The Bertz CT molecular complexity index is 1250. The minimum atomic E-state index is -0.462. The molecular weight excluding hydrogens is 433 g/mol. The summed E-state index contributed by atoms with van der Waals surface area (Å²) in [5.41, 5.74) is 1.80. The molecule has 0 spiro atoms. The smallest absolute Gasteiger partial charge is 0.342 e. The van der Waals surface area contributed by atoms with Crippen LogP contribution in [0.25, 0.3) is 17.3 Å². The fourth-order valence-corrected chi connectivity index (χ4v) is 4.15. The third-order valence-corrected chi connectivity index (χ3v) is 5.71. The van der Waals surface area contributed by atoms with Gasteiger partial charge in [0.2, 0.25) is 0 Å². The molecule has 3 aromatic rings. The van der Waals surface area contributed by atoms with Gasteiger partial charge in [-0.15, -0.1) is 0 Å². The molecule has 1 aliphatic rings. The second-order valence-electron chi connectivity index (χ2n) is 7.79. The molecule has 6 nitrogen and oxygen atoms in total. The molecule has 1 N–H and O–H groups in total. The molecule has 34 heavy (non-hydrogen) atoms. The highest BCUT2D eigenvalue weighted by atomic mass is 19.1. The van der Waals surface area contributed by atoms with Crippen LogP contribution in [0.15, 0.2) is 78.4 Å². The fourth-order valence-electron chi connectivity index (χ4n) is 4.15. The van der Waals surface area contributed by atoms with E-state index in [1.807, 2.05) is 36.4 Å². The third-order valence-electron chi connectivity index (χ3n) is 5.71. The van der Waals surface area contributed by atoms with Crippen LogP contribution in [0.5, 0.6) is 0 Å². The Morgan fingerprint density at radius 2 is 1.62 bits per heavy atom. The normalized spacial score (nSPS) is 14.2. The van der Waals surface area contributed by atoms with Gasteiger partial charge in [-0.25, -0.2) is 9.37 Å². The minimum absolute atomic E-state index is 0.0274. The van der Waals surface area contributed by atoms with Crippen molar-refractivity contribution in [3.63, 3.8) is 0 Å². The van der Waals surface area contributed by atoms with Crippen LogP contribution in [-0.2, 0) is 19.9 Å². The Morgan fingerprint density at radius 1 is 0.971 bits per heavy atom. The standard InChI is InChI=1S/C26H22FN3O.CO2/c27-23-13-5-4-12-22(23)24-14-8-11-21(29-24)17-19(18-28)25(31)30-26(15-6-7-16-26)20-9-2-1-3-10-20;2-1-3/h1-5,8-14,17H,6-7,15-16H2,(H,30,31);/b19-17+;. The Hall–Kier alpha value is -4.40. The lowest BCUT2D eigenvalue weighted by molar-refractivity contribution is -0.191. The molecule has 4 rings (SSSR count). The van der Waals surface area contributed by atoms with Crippen molar-refractivity contribution in [1.82, 2.24) is 10.3 Å². The highest BCUT2D eigenvalue weighted by molar-refractivity contribution is 6.02. The lowest BCUT2D eigenvalue weighted by Gasteiger charge is -2.31. The molecule has 1 aliphatic carbocycles. The van der Waals surface area contributed by atoms with Crippen LogP contribution < -0.4 is 5.32 Å². The molecule has 0 atom stereocenters. The first-order valence-corrected chi connectivity index (χ1v) is 10.7. The van der Waals surface area contributed by atoms with Crippen molar-refractivity contribution >= 4 is 18.1 Å². The Morgan fingerprint density at radius 3 is 2.26 bits per heavy atom. The third kappa shape index (κ3) is 5.69. The number of carbonyl (C=O) groups is 1. The van der Waals surface area contributed by atoms with E-state index in [0.717, 1.165) is 31.2 Å². The fraction of sp³-hybridized carbons (Fsp3) is 0.185. The van der Waals surface area contributed by atoms with Gasteiger partial charge in [-0.1, -0.05) is 61.4 Å². The van der Waals surface area contributed by atoms with E-state index in [4.69, 9.17) is 9.59 Å². The predicted octanol–water partition coefficient (Wildman–Crippen LogP) is 4.80. The number of nitrogens with one attached hydrogen (secondary N) is 1. The van der Waals surface area contributed by atoms with Crippen LogP contribution >= 0.6 is 0 Å². The van der Waals surface area contributed by atoms with Gasteiger partial charge in [0, 0.05) is 5.56 Å². The van der Waals surface area contributed by atoms with Crippen LogP contribution in [0.3, 0.4) is 0 Å². The van der Waals surface area contributed by atoms with Crippen molar-refractivity contribution in [2.45, 2.75) is 31.2 Å². The molecule has 0 bridgehead atoms. The van der Waals surface area contributed by atoms with E-state index in [0.29, 0.717) is 17.0 Å². The van der Waals surface area contributed by atoms with Crippen molar-refractivity contribution < 1.29 is 18.8 Å². The van der Waals surface area contributed by atoms with Gasteiger partial charge in [0.15, 0.2) is 0 Å². The average molecular weight is 455 g/mol. The maximum atomic E-state index is 14.1. The molecule has 1 saturated carbocycles. The quantitative estimate of drug-likeness (QED) is 0.440. The number of nitrogens with zero attached hydrogens (tertiary/aromatic N) is 2. The van der Waals surface area contributed by atoms with Crippen molar-refractivity contribution in [3.05, 3.63) is 95.4 Å². The molecule has 0 aliphatic heterocycles. The van der Waals surface area contributed by atoms with Gasteiger partial charge in [0.25, 0.3) is 5.91 Å². The van der Waals surface area contributed by atoms with Crippen LogP contribution in [0.2, 0.25) is 0 Å². The molecule has 0 unspecified atom stereocenters. The largest absolute Gasteiger partial charge is 0.373 e. The summed E-state index contributed by atoms with van der Waals surface area (Å²) in [6.45, 7) is 0. The number of nitriles is 1. The zero-order valence-electron chi connectivity index (χ0n) is 18.3. The molecular formula is C27H22FN3O3. The second kappa shape index (κ2) is 11.5. The molecule has 7 heteroatoms. The summed E-state index contributed by atoms with van der Waals surface area (Å²) in [5, 5.41) is 12.8. The summed E-state index contributed by atoms with van der Waals surface area (Å²) < 4.78 is 14.1. The zero-order valence-corrected chi connectivity index (χ0v) is 18.3. The number of aromatic nitrogens is 1. The van der Waals surface area contributed by atoms with Crippen LogP contribution in [0.1, 0.15) is 36.9 Å². The molecule has 1 aromatic heterocycles. The van der Waals surface area contributed by atoms with E-state index in [9.17, 15) is 14.4 Å². The van der Waals surface area contributed by atoms with E-state index in [1.165, 1.54) is 12.1 Å². The van der Waals surface area contributed by atoms with Gasteiger partial charge >= 0.3 is 6.15 Å². The topological polar surface area (TPSA) is 99.9 Å². The van der Waals surface area contributed by atoms with Crippen molar-refractivity contribution in [1.29, 1.82) is 5.26 Å². The zero-order chi connectivity index (χ0) is 24.4. The van der Waals surface area contributed by atoms with Gasteiger partial charge < -0.3 is 5.32 Å². The number of halogens is 1. The summed E-state index contributed by atoms with van der Waals surface area (Å²) in [6, 6.07) is 23.4. The van der Waals surface area contributed by atoms with Crippen LogP contribution in [0, 0.1) is 17.1 Å². The summed E-state index contributed by atoms with van der Waals surface area (Å²) in [7, 11) is 0. The van der Waals surface area contributed by atoms with E-state index in [-0.39, 0.29) is 17.5 Å². The molecule has 1 fully saturated rings. The summed E-state index contributed by atoms with van der Waals surface area (Å²) in [6.07, 6.45) is 5.41. The molecule has 0 radical (unpaired) electrons. The maximum absolute atomic E-state index is 14.1. The number of hydrogen-bond donors (Lipinski definition) is 1. The van der Waals surface area contributed by atoms with Gasteiger partial charge in [-0.2, -0.15) is 14.9 Å². The molecule has 1 heterocycles. The van der Waals surface area contributed by atoms with E-state index in [1.54, 1.807) is 36.4 Å². The number of benzene rings is 2. The van der Waals surface area contributed by atoms with Gasteiger partial charge in [0.1, 0.15) is 17.5 Å². The van der Waals surface area contributed by atoms with Crippen molar-refractivity contribution in [3.8, 4) is 17.3 Å². The van der Waals surface area contributed by atoms with E-state index < -0.39 is 11.4 Å². The number of carbonyl (C=O) groups excluding carboxylic acids is 3. The molecule has 170 valence electrons. The van der Waals surface area contributed by atoms with E-state index in [2.05, 4.69) is 10.3 Å². The monoisotopic (exact) mass is 455 g/mol. The number of rotatable bonds is 5. The summed E-state index contributed by atoms with van der Waals surface area (Å²) in [5.74, 6) is -0.799. The first-order valence-electron chi connectivity index (χ1n) is 10.7. The molecule has 2 aromatic carbocycles.